The zero-order valence-electron chi connectivity index (χ0n) is 22.2. The average Bonchev–Trinajstić information content (AvgIpc) is 2.98. The lowest BCUT2D eigenvalue weighted by molar-refractivity contribution is 0.415. The van der Waals surface area contributed by atoms with Crippen LogP contribution in [0.3, 0.4) is 0 Å². The van der Waals surface area contributed by atoms with E-state index in [1.165, 1.54) is 16.7 Å². The van der Waals surface area contributed by atoms with Crippen LogP contribution in [0.1, 0.15) is 24.5 Å². The van der Waals surface area contributed by atoms with Gasteiger partial charge in [0.25, 0.3) is 0 Å². The van der Waals surface area contributed by atoms with E-state index in [9.17, 15) is 0 Å². The predicted molar refractivity (Wildman–Crippen MR) is 160 cm³/mol. The molecule has 0 spiro atoms. The Morgan fingerprint density at radius 2 is 1.24 bits per heavy atom. The van der Waals surface area contributed by atoms with Gasteiger partial charge in [0.1, 0.15) is 11.5 Å². The Morgan fingerprint density at radius 1 is 0.711 bits per heavy atom. The van der Waals surface area contributed by atoms with E-state index in [0.29, 0.717) is 5.92 Å². The van der Waals surface area contributed by atoms with Crippen molar-refractivity contribution in [2.24, 2.45) is 5.92 Å². The molecule has 0 N–H and O–H groups in total. The second-order valence-electron chi connectivity index (χ2n) is 9.48. The van der Waals surface area contributed by atoms with Gasteiger partial charge in [-0.2, -0.15) is 0 Å². The number of ether oxygens (including phenoxy) is 2. The molecular formula is C35H33NO2. The zero-order valence-corrected chi connectivity index (χ0v) is 22.2. The number of anilines is 3. The number of nitrogens with zero attached hydrogens (tertiary/aromatic N) is 1. The Labute approximate surface area is 226 Å². The average molecular weight is 500 g/mol. The van der Waals surface area contributed by atoms with Crippen LogP contribution in [-0.2, 0) is 0 Å². The van der Waals surface area contributed by atoms with Crippen molar-refractivity contribution in [2.75, 3.05) is 19.1 Å². The van der Waals surface area contributed by atoms with Crippen LogP contribution >= 0.6 is 0 Å². The van der Waals surface area contributed by atoms with Crippen molar-refractivity contribution in [2.45, 2.75) is 13.3 Å². The van der Waals surface area contributed by atoms with E-state index in [2.05, 4.69) is 115 Å². The van der Waals surface area contributed by atoms with E-state index >= 15 is 0 Å². The Balaban J connectivity index is 1.52. The summed E-state index contributed by atoms with van der Waals surface area (Å²) in [5, 5.41) is 0. The molecule has 0 bridgehead atoms. The van der Waals surface area contributed by atoms with Gasteiger partial charge in [0.15, 0.2) is 0 Å². The first-order valence-electron chi connectivity index (χ1n) is 13.0. The number of hydrogen-bond donors (Lipinski definition) is 0. The molecule has 0 fully saturated rings. The Kier molecular flexibility index (Phi) is 7.75. The largest absolute Gasteiger partial charge is 0.497 e. The third-order valence-electron chi connectivity index (χ3n) is 6.83. The molecule has 4 aromatic carbocycles. The maximum atomic E-state index is 5.38. The Morgan fingerprint density at radius 3 is 1.71 bits per heavy atom. The van der Waals surface area contributed by atoms with Gasteiger partial charge in [-0.05, 0) is 101 Å². The monoisotopic (exact) mass is 499 g/mol. The van der Waals surface area contributed by atoms with Gasteiger partial charge in [-0.15, -0.1) is 0 Å². The molecule has 1 atom stereocenters. The van der Waals surface area contributed by atoms with Gasteiger partial charge in [-0.3, -0.25) is 0 Å². The number of benzene rings is 4. The topological polar surface area (TPSA) is 21.7 Å². The van der Waals surface area contributed by atoms with Crippen LogP contribution in [0.25, 0.3) is 11.6 Å². The van der Waals surface area contributed by atoms with Crippen LogP contribution in [0.4, 0.5) is 17.1 Å². The van der Waals surface area contributed by atoms with Crippen molar-refractivity contribution in [3.63, 3.8) is 0 Å². The number of hydrogen-bond acceptors (Lipinski definition) is 3. The second-order valence-corrected chi connectivity index (χ2v) is 9.48. The maximum Gasteiger partial charge on any atom is 0.119 e. The first-order valence-corrected chi connectivity index (χ1v) is 13.0. The van der Waals surface area contributed by atoms with Gasteiger partial charge in [-0.1, -0.05) is 67.6 Å². The molecule has 5 rings (SSSR count). The van der Waals surface area contributed by atoms with Gasteiger partial charge < -0.3 is 14.4 Å². The summed E-state index contributed by atoms with van der Waals surface area (Å²) in [6.07, 6.45) is 10.3. The molecule has 1 unspecified atom stereocenters. The molecule has 0 heterocycles. The maximum absolute atomic E-state index is 5.38. The SMILES string of the molecule is COc1ccc(N(c2ccc(/C=C(/C3=CCC(C)C=C3)c3ccccc3)cc2)c2ccc(OC)cc2)cc1. The molecule has 0 saturated carbocycles. The molecule has 0 radical (unpaired) electrons. The van der Waals surface area contributed by atoms with Crippen molar-refractivity contribution in [3.05, 3.63) is 138 Å². The molecule has 38 heavy (non-hydrogen) atoms. The van der Waals surface area contributed by atoms with E-state index < -0.39 is 0 Å². The molecule has 0 saturated heterocycles. The van der Waals surface area contributed by atoms with Gasteiger partial charge >= 0.3 is 0 Å². The third-order valence-corrected chi connectivity index (χ3v) is 6.83. The van der Waals surface area contributed by atoms with E-state index in [1.54, 1.807) is 14.2 Å². The van der Waals surface area contributed by atoms with Crippen molar-refractivity contribution in [3.8, 4) is 11.5 Å². The normalized spacial score (nSPS) is 15.1. The molecule has 4 aromatic rings. The minimum Gasteiger partial charge on any atom is -0.497 e. The molecule has 3 nitrogen and oxygen atoms in total. The fourth-order valence-electron chi connectivity index (χ4n) is 4.67. The van der Waals surface area contributed by atoms with Crippen LogP contribution in [0.5, 0.6) is 11.5 Å². The van der Waals surface area contributed by atoms with Crippen LogP contribution < -0.4 is 14.4 Å². The third kappa shape index (κ3) is 5.73. The van der Waals surface area contributed by atoms with Crippen LogP contribution in [0, 0.1) is 5.92 Å². The smallest absolute Gasteiger partial charge is 0.119 e. The van der Waals surface area contributed by atoms with Crippen LogP contribution in [-0.4, -0.2) is 14.2 Å². The Bertz CT molecular complexity index is 1380. The van der Waals surface area contributed by atoms with Crippen LogP contribution in [0.2, 0.25) is 0 Å². The summed E-state index contributed by atoms with van der Waals surface area (Å²) in [5.74, 6) is 2.24. The summed E-state index contributed by atoms with van der Waals surface area (Å²) in [4.78, 5) is 2.23. The number of allylic oxidation sites excluding steroid dienone is 5. The predicted octanol–water partition coefficient (Wildman–Crippen LogP) is 9.24. The molecule has 3 heteroatoms. The summed E-state index contributed by atoms with van der Waals surface area (Å²) in [6, 6.07) is 35.6. The van der Waals surface area contributed by atoms with Crippen molar-refractivity contribution < 1.29 is 9.47 Å². The lowest BCUT2D eigenvalue weighted by Gasteiger charge is -2.26. The van der Waals surface area contributed by atoms with E-state index in [0.717, 1.165) is 40.5 Å². The van der Waals surface area contributed by atoms with Gasteiger partial charge in [0.05, 0.1) is 14.2 Å². The number of rotatable bonds is 8. The van der Waals surface area contributed by atoms with E-state index in [4.69, 9.17) is 9.47 Å². The van der Waals surface area contributed by atoms with Gasteiger partial charge in [0, 0.05) is 17.1 Å². The quantitative estimate of drug-likeness (QED) is 0.226. The fourth-order valence-corrected chi connectivity index (χ4v) is 4.67. The van der Waals surface area contributed by atoms with Gasteiger partial charge in [0.2, 0.25) is 0 Å². The lowest BCUT2D eigenvalue weighted by Crippen LogP contribution is -2.09. The van der Waals surface area contributed by atoms with Crippen LogP contribution in [0.15, 0.2) is 127 Å². The zero-order chi connectivity index (χ0) is 26.3. The highest BCUT2D eigenvalue weighted by molar-refractivity contribution is 5.93. The first-order chi connectivity index (χ1) is 18.6. The molecule has 190 valence electrons. The molecule has 1 aliphatic rings. The van der Waals surface area contributed by atoms with E-state index in [-0.39, 0.29) is 0 Å². The molecule has 1 aliphatic carbocycles. The molecular weight excluding hydrogens is 466 g/mol. The van der Waals surface area contributed by atoms with Crippen molar-refractivity contribution >= 4 is 28.7 Å². The highest BCUT2D eigenvalue weighted by atomic mass is 16.5. The number of methoxy groups -OCH3 is 2. The second kappa shape index (κ2) is 11.7. The minimum absolute atomic E-state index is 0.581. The minimum atomic E-state index is 0.581. The summed E-state index contributed by atoms with van der Waals surface area (Å²) in [5.41, 5.74) is 8.07. The summed E-state index contributed by atoms with van der Waals surface area (Å²) in [7, 11) is 3.37. The lowest BCUT2D eigenvalue weighted by atomic mass is 9.89. The summed E-state index contributed by atoms with van der Waals surface area (Å²) < 4.78 is 10.8. The standard InChI is InChI=1S/C35H33NO2/c1-26-9-13-29(14-10-26)35(28-7-5-4-6-8-28)25-27-11-15-30(16-12-27)36(31-17-21-33(37-2)22-18-31)32-19-23-34(38-3)24-20-32/h4-9,11-26H,10H2,1-3H3/b35-25+. The molecule has 0 aliphatic heterocycles. The highest BCUT2D eigenvalue weighted by Crippen LogP contribution is 2.37. The van der Waals surface area contributed by atoms with Crippen molar-refractivity contribution in [1.29, 1.82) is 0 Å². The molecule has 0 amide bonds. The first kappa shape index (κ1) is 25.2. The van der Waals surface area contributed by atoms with E-state index in [1.807, 2.05) is 24.3 Å². The highest BCUT2D eigenvalue weighted by Gasteiger charge is 2.14. The van der Waals surface area contributed by atoms with Crippen molar-refractivity contribution in [1.82, 2.24) is 0 Å². The summed E-state index contributed by atoms with van der Waals surface area (Å²) >= 11 is 0. The summed E-state index contributed by atoms with van der Waals surface area (Å²) in [6.45, 7) is 2.26. The molecule has 0 aromatic heterocycles. The fraction of sp³-hybridized carbons (Fsp3) is 0.143. The van der Waals surface area contributed by atoms with Gasteiger partial charge in [-0.25, -0.2) is 0 Å². The Hall–Kier alpha value is -4.50.